The summed E-state index contributed by atoms with van der Waals surface area (Å²) in [5.41, 5.74) is 1.23. The van der Waals surface area contributed by atoms with Gasteiger partial charge < -0.3 is 28.4 Å². The average molecular weight is 1030 g/mol. The van der Waals surface area contributed by atoms with Gasteiger partial charge in [-0.05, 0) is 99.6 Å². The molecule has 71 heavy (non-hydrogen) atoms. The molecule has 0 aromatic heterocycles. The first-order valence-corrected chi connectivity index (χ1v) is 34.2. The summed E-state index contributed by atoms with van der Waals surface area (Å²) in [6, 6.07) is 16.8. The first-order chi connectivity index (χ1) is 33.4. The molecule has 2 rings (SSSR count). The van der Waals surface area contributed by atoms with Crippen molar-refractivity contribution in [3.8, 4) is 5.75 Å². The van der Waals surface area contributed by atoms with Crippen LogP contribution in [0.4, 0.5) is 4.79 Å². The molecule has 9 nitrogen and oxygen atoms in total. The fourth-order valence-electron chi connectivity index (χ4n) is 8.31. The molecule has 0 heterocycles. The Morgan fingerprint density at radius 1 is 0.577 bits per heavy atom. The molecular weight excluding hydrogens is 917 g/mol. The van der Waals surface area contributed by atoms with Crippen LogP contribution < -0.4 is 10.1 Å². The van der Waals surface area contributed by atoms with E-state index in [1.807, 2.05) is 75.4 Å². The number of alkyl carbamates (subject to hydrolysis) is 1. The third-order valence-electron chi connectivity index (χ3n) is 14.7. The molecule has 0 radical (unpaired) electrons. The van der Waals surface area contributed by atoms with Crippen molar-refractivity contribution < 1.29 is 32.7 Å². The highest BCUT2D eigenvalue weighted by molar-refractivity contribution is 6.74. The SMILES string of the molecule is CCCCCCCCCCC(CN(CCCOC(=O)[C@H](Cc1ccc(OCc2ccccc2)cc1)NC(=O)OC(C)(C)C)CC(CCCCCCCCCC)O[Si](C)(C)C(C)(C)C)O[Si](C)(C)C(C)(C)C. The largest absolute Gasteiger partial charge is 0.489 e. The van der Waals surface area contributed by atoms with Crippen molar-refractivity contribution in [1.29, 1.82) is 0 Å². The molecule has 2 unspecified atom stereocenters. The number of nitrogens with zero attached hydrogens (tertiary/aromatic N) is 1. The zero-order chi connectivity index (χ0) is 53.0. The van der Waals surface area contributed by atoms with E-state index < -0.39 is 40.3 Å². The number of hydrogen-bond acceptors (Lipinski definition) is 8. The standard InChI is InChI=1S/C60H108N2O7Si2/c1-16-18-20-22-24-26-28-33-38-53(68-70(12,13)59(6,7)8)47-62(48-54(69-71(14,15)60(9,10)11)39-34-29-27-25-23-21-19-17-2)44-35-45-65-56(63)55(61-57(64)67-58(3,4)5)46-50-40-42-52(43-41-50)66-49-51-36-31-30-32-37-51/h30-32,36-37,40-43,53-55H,16-29,33-35,38-39,44-49H2,1-15H3,(H,61,64)/t53?,54?,55-/m0/s1. The van der Waals surface area contributed by atoms with Crippen molar-refractivity contribution in [2.75, 3.05) is 26.2 Å². The molecule has 2 aromatic carbocycles. The van der Waals surface area contributed by atoms with Crippen LogP contribution >= 0.6 is 0 Å². The van der Waals surface area contributed by atoms with Gasteiger partial charge >= 0.3 is 12.1 Å². The van der Waals surface area contributed by atoms with Crippen molar-refractivity contribution in [1.82, 2.24) is 10.2 Å². The maximum Gasteiger partial charge on any atom is 0.408 e. The van der Waals surface area contributed by atoms with Gasteiger partial charge in [0.2, 0.25) is 0 Å². The smallest absolute Gasteiger partial charge is 0.408 e. The number of nitrogens with one attached hydrogen (secondary N) is 1. The van der Waals surface area contributed by atoms with Crippen LogP contribution in [0.3, 0.4) is 0 Å². The van der Waals surface area contributed by atoms with Crippen LogP contribution in [0.5, 0.6) is 5.75 Å². The number of amides is 1. The van der Waals surface area contributed by atoms with E-state index in [0.717, 1.165) is 62.2 Å². The van der Waals surface area contributed by atoms with Gasteiger partial charge in [0.15, 0.2) is 16.6 Å². The molecule has 0 spiro atoms. The molecule has 3 atom stereocenters. The number of ether oxygens (including phenoxy) is 3. The van der Waals surface area contributed by atoms with Gasteiger partial charge in [-0.1, -0.05) is 201 Å². The third kappa shape index (κ3) is 28.5. The Morgan fingerprint density at radius 2 is 1.03 bits per heavy atom. The first kappa shape index (κ1) is 64.4. The van der Waals surface area contributed by atoms with Crippen molar-refractivity contribution >= 4 is 28.7 Å². The predicted octanol–water partition coefficient (Wildman–Crippen LogP) is 16.8. The Labute approximate surface area is 438 Å². The normalized spacial score (nSPS) is 14.0. The number of hydrogen-bond donors (Lipinski definition) is 1. The van der Waals surface area contributed by atoms with Gasteiger partial charge in [-0.25, -0.2) is 9.59 Å². The summed E-state index contributed by atoms with van der Waals surface area (Å²) in [5.74, 6) is 0.250. The lowest BCUT2D eigenvalue weighted by molar-refractivity contribution is -0.146. The fourth-order valence-corrected chi connectivity index (χ4v) is 11.1. The molecule has 0 saturated heterocycles. The Morgan fingerprint density at radius 3 is 1.46 bits per heavy atom. The van der Waals surface area contributed by atoms with E-state index in [4.69, 9.17) is 23.1 Å². The lowest BCUT2D eigenvalue weighted by Gasteiger charge is -2.42. The maximum absolute atomic E-state index is 14.0. The monoisotopic (exact) mass is 1020 g/mol. The summed E-state index contributed by atoms with van der Waals surface area (Å²) in [7, 11) is -4.18. The minimum Gasteiger partial charge on any atom is -0.489 e. The highest BCUT2D eigenvalue weighted by Crippen LogP contribution is 2.39. The summed E-state index contributed by atoms with van der Waals surface area (Å²) >= 11 is 0. The van der Waals surface area contributed by atoms with Gasteiger partial charge in [-0.3, -0.25) is 4.90 Å². The maximum atomic E-state index is 14.0. The Hall–Kier alpha value is -2.71. The van der Waals surface area contributed by atoms with Gasteiger partial charge in [0.25, 0.3) is 0 Å². The van der Waals surface area contributed by atoms with Crippen molar-refractivity contribution in [3.05, 3.63) is 65.7 Å². The van der Waals surface area contributed by atoms with E-state index in [0.29, 0.717) is 13.0 Å². The molecule has 1 amide bonds. The van der Waals surface area contributed by atoms with Gasteiger partial charge in [-0.2, -0.15) is 0 Å². The average Bonchev–Trinajstić information content (AvgIpc) is 3.27. The zero-order valence-corrected chi connectivity index (χ0v) is 50.4. The minimum atomic E-state index is -2.09. The lowest BCUT2D eigenvalue weighted by atomic mass is 10.0. The third-order valence-corrected chi connectivity index (χ3v) is 23.7. The summed E-state index contributed by atoms with van der Waals surface area (Å²) in [6.45, 7) is 36.7. The quantitative estimate of drug-likeness (QED) is 0.0406. The highest BCUT2D eigenvalue weighted by Gasteiger charge is 2.41. The minimum absolute atomic E-state index is 0.0934. The van der Waals surface area contributed by atoms with Crippen molar-refractivity contribution in [2.24, 2.45) is 0 Å². The molecule has 0 saturated carbocycles. The van der Waals surface area contributed by atoms with Crippen LogP contribution in [-0.4, -0.2) is 83.7 Å². The Kier molecular flexibility index (Phi) is 30.2. The molecule has 0 fully saturated rings. The summed E-state index contributed by atoms with van der Waals surface area (Å²) in [5, 5.41) is 3.02. The fraction of sp³-hybridized carbons (Fsp3) is 0.767. The van der Waals surface area contributed by atoms with Crippen LogP contribution in [0, 0.1) is 0 Å². The number of carbonyl (C=O) groups excluding carboxylic acids is 2. The number of carbonyl (C=O) groups is 2. The van der Waals surface area contributed by atoms with Gasteiger partial charge in [0.1, 0.15) is 24.0 Å². The second kappa shape index (κ2) is 33.3. The molecule has 2 aromatic rings. The highest BCUT2D eigenvalue weighted by atomic mass is 28.4. The Balaban J connectivity index is 2.35. The predicted molar refractivity (Wildman–Crippen MR) is 305 cm³/mol. The molecule has 0 aliphatic carbocycles. The van der Waals surface area contributed by atoms with Crippen LogP contribution in [0.2, 0.25) is 36.3 Å². The van der Waals surface area contributed by atoms with Crippen LogP contribution in [-0.2, 0) is 36.1 Å². The number of rotatable bonds is 37. The second-order valence-electron chi connectivity index (χ2n) is 24.6. The molecule has 0 bridgehead atoms. The summed E-state index contributed by atoms with van der Waals surface area (Å²) in [4.78, 5) is 29.7. The molecule has 11 heteroatoms. The van der Waals surface area contributed by atoms with E-state index in [-0.39, 0.29) is 35.3 Å². The van der Waals surface area contributed by atoms with Crippen LogP contribution in [0.15, 0.2) is 54.6 Å². The van der Waals surface area contributed by atoms with E-state index in [1.54, 1.807) is 0 Å². The first-order valence-electron chi connectivity index (χ1n) is 28.4. The topological polar surface area (TPSA) is 95.6 Å². The van der Waals surface area contributed by atoms with E-state index in [1.165, 1.54) is 89.9 Å². The van der Waals surface area contributed by atoms with Gasteiger partial charge in [-0.15, -0.1) is 0 Å². The molecule has 0 aliphatic heterocycles. The molecular formula is C60H108N2O7Si2. The molecule has 408 valence electrons. The van der Waals surface area contributed by atoms with Gasteiger partial charge in [0, 0.05) is 26.1 Å². The zero-order valence-electron chi connectivity index (χ0n) is 48.4. The molecule has 0 aliphatic rings. The summed E-state index contributed by atoms with van der Waals surface area (Å²) < 4.78 is 32.4. The van der Waals surface area contributed by atoms with Crippen molar-refractivity contribution in [2.45, 2.75) is 271 Å². The van der Waals surface area contributed by atoms with Gasteiger partial charge in [0.05, 0.1) is 18.8 Å². The molecule has 1 N–H and O–H groups in total. The number of benzene rings is 2. The van der Waals surface area contributed by atoms with E-state index in [9.17, 15) is 9.59 Å². The van der Waals surface area contributed by atoms with Crippen LogP contribution in [0.25, 0.3) is 0 Å². The van der Waals surface area contributed by atoms with Crippen molar-refractivity contribution in [3.63, 3.8) is 0 Å². The second-order valence-corrected chi connectivity index (χ2v) is 34.1. The summed E-state index contributed by atoms with van der Waals surface area (Å²) in [6.07, 6.45) is 23.1. The van der Waals surface area contributed by atoms with E-state index >= 15 is 0 Å². The number of unbranched alkanes of at least 4 members (excludes halogenated alkanes) is 14. The number of esters is 1. The van der Waals surface area contributed by atoms with E-state index in [2.05, 4.69) is 91.8 Å². The lowest BCUT2D eigenvalue weighted by Crippen LogP contribution is -2.50. The van der Waals surface area contributed by atoms with Crippen LogP contribution in [0.1, 0.15) is 209 Å². The Bertz CT molecular complexity index is 1650.